The first kappa shape index (κ1) is 38.7. The van der Waals surface area contributed by atoms with Crippen LogP contribution in [0.4, 0.5) is 5.69 Å². The van der Waals surface area contributed by atoms with Crippen LogP contribution >= 0.6 is 11.3 Å². The maximum absolute atomic E-state index is 12.5. The number of nitrogens with one attached hydrogen (secondary N) is 2. The molecular weight excluding hydrogens is 594 g/mol. The van der Waals surface area contributed by atoms with Gasteiger partial charge in [0.05, 0.1) is 0 Å². The van der Waals surface area contributed by atoms with Gasteiger partial charge in [0.15, 0.2) is 0 Å². The van der Waals surface area contributed by atoms with Gasteiger partial charge in [-0.2, -0.15) is 0 Å². The number of aryl methyl sites for hydroxylation is 1. The van der Waals surface area contributed by atoms with E-state index in [0.717, 1.165) is 33.5 Å². The lowest BCUT2D eigenvalue weighted by molar-refractivity contribution is -0.122. The molecule has 0 spiro atoms. The minimum absolute atomic E-state index is 0. The van der Waals surface area contributed by atoms with Gasteiger partial charge in [-0.25, -0.2) is 0 Å². The van der Waals surface area contributed by atoms with Crippen LogP contribution in [0.3, 0.4) is 0 Å². The van der Waals surface area contributed by atoms with Crippen molar-refractivity contribution in [3.8, 4) is 29.0 Å². The third-order valence-electron chi connectivity index (χ3n) is 7.88. The zero-order valence-corrected chi connectivity index (χ0v) is 26.1. The number of rotatable bonds is 7. The van der Waals surface area contributed by atoms with Crippen molar-refractivity contribution >= 4 is 38.9 Å². The maximum atomic E-state index is 12.5. The van der Waals surface area contributed by atoms with Gasteiger partial charge in [-0.05, 0) is 109 Å². The van der Waals surface area contributed by atoms with Crippen LogP contribution in [0.1, 0.15) is 47.9 Å². The standard InChI is InChI=1S/C32H33N3O3S.C2H2.4H2O/c1-20-16-21(4-5-23(20)19-35-14-2-3-15-35)17-27-26-11-10-25(36)18-29(26)39-31(27)22-6-8-24(9-7-22)33-32(38)28-12-13-30(37)34-28;1-2;;;;/h4-11,16,18,28,36H,2-3,12-15,17,19H2,1H3,(H,33,38)(H,34,37);1-2H;4*1H2. The first-order chi connectivity index (χ1) is 19.9. The molecule has 242 valence electrons. The Morgan fingerprint density at radius 3 is 2.31 bits per heavy atom. The summed E-state index contributed by atoms with van der Waals surface area (Å²) in [5.41, 5.74) is 7.02. The number of aromatic hydroxyl groups is 1. The highest BCUT2D eigenvalue weighted by atomic mass is 32.1. The molecule has 11 heteroatoms. The molecular formula is C34H43N3O7S. The number of hydrogen-bond acceptors (Lipinski definition) is 5. The van der Waals surface area contributed by atoms with Gasteiger partial charge in [0, 0.05) is 28.2 Å². The lowest BCUT2D eigenvalue weighted by Crippen LogP contribution is -2.37. The Bertz CT molecular complexity index is 1590. The number of fused-ring (bicyclic) bond motifs is 1. The Kier molecular flexibility index (Phi) is 14.9. The minimum atomic E-state index is -0.468. The molecule has 0 aliphatic carbocycles. The number of hydrogen-bond donors (Lipinski definition) is 3. The number of amides is 2. The smallest absolute Gasteiger partial charge is 0.246 e. The maximum Gasteiger partial charge on any atom is 0.246 e. The highest BCUT2D eigenvalue weighted by molar-refractivity contribution is 7.22. The molecule has 2 aliphatic rings. The Morgan fingerprint density at radius 2 is 1.69 bits per heavy atom. The molecule has 3 heterocycles. The predicted molar refractivity (Wildman–Crippen MR) is 182 cm³/mol. The molecule has 2 amide bonds. The highest BCUT2D eigenvalue weighted by Gasteiger charge is 2.27. The Balaban J connectivity index is 0.00000166. The summed E-state index contributed by atoms with van der Waals surface area (Å²) in [6, 6.07) is 19.9. The van der Waals surface area contributed by atoms with Crippen LogP contribution in [-0.4, -0.2) is 62.9 Å². The summed E-state index contributed by atoms with van der Waals surface area (Å²) in [4.78, 5) is 27.7. The number of benzene rings is 3. The average molecular weight is 638 g/mol. The van der Waals surface area contributed by atoms with Crippen LogP contribution in [0.15, 0.2) is 60.7 Å². The normalized spacial score (nSPS) is 15.3. The second-order valence-electron chi connectivity index (χ2n) is 10.7. The molecule has 1 aromatic heterocycles. The number of nitrogens with zero attached hydrogens (tertiary/aromatic N) is 1. The Hall–Kier alpha value is -4.28. The van der Waals surface area contributed by atoms with Gasteiger partial charge in [-0.3, -0.25) is 14.5 Å². The molecule has 0 saturated carbocycles. The minimum Gasteiger partial charge on any atom is -0.508 e. The van der Waals surface area contributed by atoms with Crippen LogP contribution in [-0.2, 0) is 22.6 Å². The van der Waals surface area contributed by atoms with E-state index in [1.54, 1.807) is 17.4 Å². The summed E-state index contributed by atoms with van der Waals surface area (Å²) >= 11 is 1.68. The fourth-order valence-electron chi connectivity index (χ4n) is 5.72. The van der Waals surface area contributed by atoms with Gasteiger partial charge in [0.1, 0.15) is 11.8 Å². The summed E-state index contributed by atoms with van der Waals surface area (Å²) in [6.45, 7) is 5.62. The monoisotopic (exact) mass is 637 g/mol. The molecule has 11 N–H and O–H groups in total. The van der Waals surface area contributed by atoms with Crippen molar-refractivity contribution in [1.29, 1.82) is 0 Å². The zero-order valence-electron chi connectivity index (χ0n) is 25.3. The fourth-order valence-corrected chi connectivity index (χ4v) is 6.98. The van der Waals surface area contributed by atoms with Crippen molar-refractivity contribution in [2.75, 3.05) is 18.4 Å². The van der Waals surface area contributed by atoms with Gasteiger partial charge in [0.25, 0.3) is 0 Å². The number of phenolic OH excluding ortho intramolecular Hbond substituents is 1. The van der Waals surface area contributed by atoms with E-state index in [9.17, 15) is 14.7 Å². The molecule has 2 saturated heterocycles. The van der Waals surface area contributed by atoms with E-state index >= 15 is 0 Å². The molecule has 2 fully saturated rings. The number of thiophene rings is 1. The molecule has 2 aliphatic heterocycles. The SMILES string of the molecule is C#C.Cc1cc(Cc2c(-c3ccc(NC(=O)C4CCC(=O)N4)cc3)sc3cc(O)ccc23)ccc1CN1CCCC1.O.O.O.O. The highest BCUT2D eigenvalue weighted by Crippen LogP contribution is 2.41. The molecule has 1 atom stereocenters. The van der Waals surface area contributed by atoms with Crippen LogP contribution in [0.5, 0.6) is 5.75 Å². The van der Waals surface area contributed by atoms with Gasteiger partial charge in [-0.15, -0.1) is 24.2 Å². The van der Waals surface area contributed by atoms with Crippen LogP contribution in [0.25, 0.3) is 20.5 Å². The Labute approximate surface area is 267 Å². The summed E-state index contributed by atoms with van der Waals surface area (Å²) in [5, 5.41) is 16.9. The van der Waals surface area contributed by atoms with Crippen LogP contribution < -0.4 is 10.6 Å². The van der Waals surface area contributed by atoms with E-state index in [0.29, 0.717) is 18.5 Å². The number of anilines is 1. The van der Waals surface area contributed by atoms with Gasteiger partial charge in [-0.1, -0.05) is 30.3 Å². The van der Waals surface area contributed by atoms with E-state index in [4.69, 9.17) is 0 Å². The van der Waals surface area contributed by atoms with Crippen molar-refractivity contribution in [1.82, 2.24) is 10.2 Å². The van der Waals surface area contributed by atoms with Gasteiger partial charge in [0.2, 0.25) is 11.8 Å². The predicted octanol–water partition coefficient (Wildman–Crippen LogP) is 2.94. The molecule has 3 aromatic carbocycles. The van der Waals surface area contributed by atoms with E-state index in [1.165, 1.54) is 48.2 Å². The molecule has 4 aromatic rings. The number of likely N-dealkylation sites (tertiary alicyclic amines) is 1. The molecule has 0 bridgehead atoms. The summed E-state index contributed by atoms with van der Waals surface area (Å²) < 4.78 is 1.05. The zero-order chi connectivity index (χ0) is 28.9. The summed E-state index contributed by atoms with van der Waals surface area (Å²) in [5.74, 6) is 0.00134. The van der Waals surface area contributed by atoms with E-state index in [1.807, 2.05) is 36.4 Å². The largest absolute Gasteiger partial charge is 0.508 e. The molecule has 10 nitrogen and oxygen atoms in total. The third kappa shape index (κ3) is 8.89. The van der Waals surface area contributed by atoms with Crippen LogP contribution in [0, 0.1) is 19.8 Å². The number of terminal acetylenes is 1. The van der Waals surface area contributed by atoms with E-state index < -0.39 is 6.04 Å². The van der Waals surface area contributed by atoms with Gasteiger partial charge >= 0.3 is 0 Å². The first-order valence-corrected chi connectivity index (χ1v) is 14.8. The van der Waals surface area contributed by atoms with Crippen molar-refractivity contribution in [3.63, 3.8) is 0 Å². The first-order valence-electron chi connectivity index (χ1n) is 14.0. The quantitative estimate of drug-likeness (QED) is 0.261. The number of phenols is 1. The average Bonchev–Trinajstić information content (AvgIpc) is 3.73. The molecule has 1 unspecified atom stereocenters. The summed E-state index contributed by atoms with van der Waals surface area (Å²) in [7, 11) is 0. The van der Waals surface area contributed by atoms with E-state index in [-0.39, 0.29) is 39.5 Å². The molecule has 45 heavy (non-hydrogen) atoms. The van der Waals surface area contributed by atoms with E-state index in [2.05, 4.69) is 53.5 Å². The molecule has 0 radical (unpaired) electrons. The van der Waals surface area contributed by atoms with Crippen LogP contribution in [0.2, 0.25) is 0 Å². The number of carbonyl (C=O) groups is 2. The second-order valence-corrected chi connectivity index (χ2v) is 11.8. The fraction of sp³-hybridized carbons (Fsp3) is 0.294. The van der Waals surface area contributed by atoms with Gasteiger partial charge < -0.3 is 37.6 Å². The second kappa shape index (κ2) is 17.3. The molecule has 6 rings (SSSR count). The lowest BCUT2D eigenvalue weighted by atomic mass is 9.96. The number of carbonyl (C=O) groups excluding carboxylic acids is 2. The summed E-state index contributed by atoms with van der Waals surface area (Å²) in [6.07, 6.45) is 12.3. The van der Waals surface area contributed by atoms with Crippen molar-refractivity contribution < 1.29 is 36.6 Å². The third-order valence-corrected chi connectivity index (χ3v) is 9.13. The van der Waals surface area contributed by atoms with Crippen molar-refractivity contribution in [2.45, 2.75) is 51.6 Å². The lowest BCUT2D eigenvalue weighted by Gasteiger charge is -2.17. The van der Waals surface area contributed by atoms with Crippen molar-refractivity contribution in [3.05, 3.63) is 82.9 Å². The Morgan fingerprint density at radius 1 is 1.00 bits per heavy atom. The van der Waals surface area contributed by atoms with Crippen molar-refractivity contribution in [2.24, 2.45) is 0 Å². The topological polar surface area (TPSA) is 208 Å².